The number of fused-ring (bicyclic) bond motifs is 1. The molecule has 1 heterocycles. The predicted octanol–water partition coefficient (Wildman–Crippen LogP) is 1.56. The van der Waals surface area contributed by atoms with Gasteiger partial charge in [-0.15, -0.1) is 0 Å². The lowest BCUT2D eigenvalue weighted by molar-refractivity contribution is -0.135. The van der Waals surface area contributed by atoms with E-state index in [4.69, 9.17) is 16.3 Å². The number of para-hydroxylation sites is 1. The molecule has 0 aromatic heterocycles. The highest BCUT2D eigenvalue weighted by Gasteiger charge is 2.23. The maximum atomic E-state index is 12.9. The molecule has 0 radical (unpaired) electrons. The summed E-state index contributed by atoms with van der Waals surface area (Å²) in [7, 11) is 1.56. The lowest BCUT2D eigenvalue weighted by Gasteiger charge is -2.22. The van der Waals surface area contributed by atoms with Gasteiger partial charge in [-0.1, -0.05) is 41.9 Å². The molecular formula is C25H31ClN4O4. The van der Waals surface area contributed by atoms with E-state index in [0.717, 1.165) is 29.7 Å². The zero-order valence-corrected chi connectivity index (χ0v) is 20.1. The minimum atomic E-state index is -0.773. The molecule has 0 spiro atoms. The molecule has 8 nitrogen and oxygen atoms in total. The molecule has 3 N–H and O–H groups in total. The molecule has 0 fully saturated rings. The lowest BCUT2D eigenvalue weighted by atomic mass is 10.0. The highest BCUT2D eigenvalue weighted by Crippen LogP contribution is 2.19. The van der Waals surface area contributed by atoms with Crippen LogP contribution in [0.3, 0.4) is 0 Å². The van der Waals surface area contributed by atoms with E-state index < -0.39 is 11.9 Å². The number of nitrogens with one attached hydrogen (secondary N) is 3. The molecular weight excluding hydrogens is 456 g/mol. The smallest absolute Gasteiger partial charge is 0.242 e. The Balaban J connectivity index is 1.72. The van der Waals surface area contributed by atoms with E-state index in [0.29, 0.717) is 31.1 Å². The van der Waals surface area contributed by atoms with E-state index in [1.165, 1.54) is 4.90 Å². The number of nitrogens with zero attached hydrogens (tertiary/aromatic N) is 1. The monoisotopic (exact) mass is 486 g/mol. The highest BCUT2D eigenvalue weighted by atomic mass is 35.5. The van der Waals surface area contributed by atoms with Crippen LogP contribution in [0.4, 0.5) is 0 Å². The molecule has 3 rings (SSSR count). The Morgan fingerprint density at radius 2 is 1.82 bits per heavy atom. The molecule has 3 amide bonds. The van der Waals surface area contributed by atoms with Crippen molar-refractivity contribution in [1.82, 2.24) is 20.9 Å². The summed E-state index contributed by atoms with van der Waals surface area (Å²) in [6.07, 6.45) is 1.77. The summed E-state index contributed by atoms with van der Waals surface area (Å²) in [5.74, 6) is -0.101. The predicted molar refractivity (Wildman–Crippen MR) is 131 cm³/mol. The molecule has 2 aromatic rings. The normalized spacial score (nSPS) is 19.2. The fourth-order valence-corrected chi connectivity index (χ4v) is 3.76. The molecule has 2 aromatic carbocycles. The Morgan fingerprint density at radius 1 is 1.06 bits per heavy atom. The fraction of sp³-hybridized carbons (Fsp3) is 0.400. The molecule has 0 aliphatic carbocycles. The SMILES string of the molecule is CN1CC(=O)N[C@H](Cc2ccc(Cl)cc2)C(=O)NCCCc2ccccc2OCCNCC1=O. The molecule has 0 saturated heterocycles. The van der Waals surface area contributed by atoms with E-state index in [2.05, 4.69) is 16.0 Å². The number of aryl methyl sites for hydroxylation is 1. The number of hydrogen-bond donors (Lipinski definition) is 3. The van der Waals surface area contributed by atoms with E-state index in [-0.39, 0.29) is 24.9 Å². The summed E-state index contributed by atoms with van der Waals surface area (Å²) in [6.45, 7) is 1.31. The van der Waals surface area contributed by atoms with Gasteiger partial charge in [-0.05, 0) is 42.2 Å². The van der Waals surface area contributed by atoms with Gasteiger partial charge >= 0.3 is 0 Å². The van der Waals surface area contributed by atoms with Gasteiger partial charge in [0, 0.05) is 31.6 Å². The molecule has 1 aliphatic rings. The van der Waals surface area contributed by atoms with Crippen molar-refractivity contribution < 1.29 is 19.1 Å². The molecule has 0 bridgehead atoms. The number of hydrogen-bond acceptors (Lipinski definition) is 5. The lowest BCUT2D eigenvalue weighted by Crippen LogP contribution is -2.51. The van der Waals surface area contributed by atoms with Gasteiger partial charge in [0.2, 0.25) is 17.7 Å². The number of ether oxygens (including phenoxy) is 1. The average Bonchev–Trinajstić information content (AvgIpc) is 2.82. The van der Waals surface area contributed by atoms with Crippen molar-refractivity contribution in [2.75, 3.05) is 39.8 Å². The quantitative estimate of drug-likeness (QED) is 0.598. The first kappa shape index (κ1) is 25.5. The van der Waals surface area contributed by atoms with Gasteiger partial charge in [-0.25, -0.2) is 0 Å². The summed E-state index contributed by atoms with van der Waals surface area (Å²) in [5.41, 5.74) is 1.92. The number of carbonyl (C=O) groups is 3. The first-order valence-electron chi connectivity index (χ1n) is 11.4. The zero-order chi connectivity index (χ0) is 24.3. The van der Waals surface area contributed by atoms with E-state index in [9.17, 15) is 14.4 Å². The summed E-state index contributed by atoms with van der Waals surface area (Å²) >= 11 is 5.97. The summed E-state index contributed by atoms with van der Waals surface area (Å²) in [5, 5.41) is 9.35. The van der Waals surface area contributed by atoms with Gasteiger partial charge in [-0.3, -0.25) is 14.4 Å². The summed E-state index contributed by atoms with van der Waals surface area (Å²) in [6, 6.07) is 14.2. The third-order valence-electron chi connectivity index (χ3n) is 5.52. The van der Waals surface area contributed by atoms with Gasteiger partial charge in [0.05, 0.1) is 13.1 Å². The third kappa shape index (κ3) is 8.04. The topological polar surface area (TPSA) is 99.8 Å². The number of likely N-dealkylation sites (N-methyl/N-ethyl adjacent to an activating group) is 1. The first-order chi connectivity index (χ1) is 16.4. The van der Waals surface area contributed by atoms with Crippen molar-refractivity contribution in [2.24, 2.45) is 0 Å². The Labute approximate surface area is 205 Å². The highest BCUT2D eigenvalue weighted by molar-refractivity contribution is 6.30. The van der Waals surface area contributed by atoms with Crippen LogP contribution in [-0.4, -0.2) is 68.5 Å². The van der Waals surface area contributed by atoms with Gasteiger partial charge < -0.3 is 25.6 Å². The number of rotatable bonds is 2. The van der Waals surface area contributed by atoms with Crippen LogP contribution in [0.2, 0.25) is 5.02 Å². The van der Waals surface area contributed by atoms with E-state index >= 15 is 0 Å². The van der Waals surface area contributed by atoms with Gasteiger partial charge in [0.25, 0.3) is 0 Å². The van der Waals surface area contributed by atoms with Crippen LogP contribution in [0.5, 0.6) is 5.75 Å². The standard InChI is InChI=1S/C25H31ClN4O4/c1-30-17-23(31)29-21(15-18-8-10-20(26)11-9-18)25(33)28-12-4-6-19-5-2-3-7-22(19)34-14-13-27-16-24(30)32/h2-3,5,7-11,21,27H,4,6,12-17H2,1H3,(H,28,33)(H,29,31)/t21-/m1/s1. The molecule has 1 aliphatic heterocycles. The number of benzene rings is 2. The molecule has 0 unspecified atom stereocenters. The van der Waals surface area contributed by atoms with Crippen molar-refractivity contribution in [3.8, 4) is 5.75 Å². The summed E-state index contributed by atoms with van der Waals surface area (Å²) in [4.78, 5) is 39.3. The largest absolute Gasteiger partial charge is 0.492 e. The molecule has 34 heavy (non-hydrogen) atoms. The van der Waals surface area contributed by atoms with Crippen LogP contribution in [0.15, 0.2) is 48.5 Å². The zero-order valence-electron chi connectivity index (χ0n) is 19.3. The maximum Gasteiger partial charge on any atom is 0.242 e. The van der Waals surface area contributed by atoms with E-state index in [1.807, 2.05) is 36.4 Å². The van der Waals surface area contributed by atoms with Crippen molar-refractivity contribution in [2.45, 2.75) is 25.3 Å². The summed E-state index contributed by atoms with van der Waals surface area (Å²) < 4.78 is 5.88. The first-order valence-corrected chi connectivity index (χ1v) is 11.8. The van der Waals surface area contributed by atoms with Crippen molar-refractivity contribution in [3.63, 3.8) is 0 Å². The van der Waals surface area contributed by atoms with Gasteiger partial charge in [0.15, 0.2) is 0 Å². The van der Waals surface area contributed by atoms with Gasteiger partial charge in [-0.2, -0.15) is 0 Å². The maximum absolute atomic E-state index is 12.9. The fourth-order valence-electron chi connectivity index (χ4n) is 3.64. The van der Waals surface area contributed by atoms with Crippen molar-refractivity contribution >= 4 is 29.3 Å². The van der Waals surface area contributed by atoms with Crippen molar-refractivity contribution in [1.29, 1.82) is 0 Å². The second-order valence-electron chi connectivity index (χ2n) is 8.23. The average molecular weight is 487 g/mol. The molecule has 1 atom stereocenters. The Bertz CT molecular complexity index is 983. The van der Waals surface area contributed by atoms with Crippen molar-refractivity contribution in [3.05, 3.63) is 64.7 Å². The van der Waals surface area contributed by atoms with Crippen LogP contribution in [0, 0.1) is 0 Å². The minimum Gasteiger partial charge on any atom is -0.492 e. The molecule has 9 heteroatoms. The van der Waals surface area contributed by atoms with Crippen LogP contribution in [0.25, 0.3) is 0 Å². The molecule has 182 valence electrons. The number of carbonyl (C=O) groups excluding carboxylic acids is 3. The number of halogens is 1. The molecule has 0 saturated carbocycles. The Kier molecular flexibility index (Phi) is 9.73. The van der Waals surface area contributed by atoms with Crippen LogP contribution in [0.1, 0.15) is 17.5 Å². The van der Waals surface area contributed by atoms with Crippen LogP contribution < -0.4 is 20.7 Å². The van der Waals surface area contributed by atoms with Gasteiger partial charge in [0.1, 0.15) is 18.4 Å². The third-order valence-corrected chi connectivity index (χ3v) is 5.77. The van der Waals surface area contributed by atoms with Crippen LogP contribution >= 0.6 is 11.6 Å². The Hall–Kier alpha value is -3.10. The van der Waals surface area contributed by atoms with Crippen LogP contribution in [-0.2, 0) is 27.2 Å². The second kappa shape index (κ2) is 13.0. The number of amides is 3. The Morgan fingerprint density at radius 3 is 2.62 bits per heavy atom. The van der Waals surface area contributed by atoms with E-state index in [1.54, 1.807) is 19.2 Å². The minimum absolute atomic E-state index is 0.0868. The second-order valence-corrected chi connectivity index (χ2v) is 8.66.